The number of hydrogen-bond donors (Lipinski definition) is 1. The minimum atomic E-state index is -0.635. The summed E-state index contributed by atoms with van der Waals surface area (Å²) in [4.78, 5) is 28.3. The van der Waals surface area contributed by atoms with Gasteiger partial charge in [0, 0.05) is 46.4 Å². The molecule has 8 nitrogen and oxygen atoms in total. The van der Waals surface area contributed by atoms with Crippen LogP contribution >= 0.6 is 0 Å². The molecule has 8 heteroatoms. The van der Waals surface area contributed by atoms with Crippen molar-refractivity contribution in [3.63, 3.8) is 0 Å². The van der Waals surface area contributed by atoms with Crippen LogP contribution in [-0.2, 0) is 14.3 Å². The Morgan fingerprint density at radius 1 is 1.29 bits per heavy atom. The first-order chi connectivity index (χ1) is 13.5. The minimum Gasteiger partial charge on any atom is -0.481 e. The Kier molecular flexibility index (Phi) is 8.72. The zero-order valence-electron chi connectivity index (χ0n) is 16.5. The summed E-state index contributed by atoms with van der Waals surface area (Å²) in [6.45, 7) is 5.68. The van der Waals surface area contributed by atoms with Crippen LogP contribution in [0.25, 0.3) is 0 Å². The number of carbonyl (C=O) groups is 2. The monoisotopic (exact) mass is 388 g/mol. The molecule has 0 aromatic heterocycles. The summed E-state index contributed by atoms with van der Waals surface area (Å²) in [5.41, 5.74) is 0.492. The number of amides is 2. The molecule has 0 saturated carbocycles. The average molecular weight is 388 g/mol. The van der Waals surface area contributed by atoms with Gasteiger partial charge in [-0.05, 0) is 31.5 Å². The highest BCUT2D eigenvalue weighted by molar-refractivity contribution is 5.81. The van der Waals surface area contributed by atoms with E-state index in [1.165, 1.54) is 0 Å². The Bertz CT molecular complexity index is 696. The first-order valence-electron chi connectivity index (χ1n) is 9.47. The lowest BCUT2D eigenvalue weighted by atomic mass is 10.2. The van der Waals surface area contributed by atoms with Crippen molar-refractivity contribution >= 4 is 11.8 Å². The molecule has 1 N–H and O–H groups in total. The highest BCUT2D eigenvalue weighted by Crippen LogP contribution is 2.15. The van der Waals surface area contributed by atoms with Crippen molar-refractivity contribution in [2.75, 3.05) is 53.0 Å². The summed E-state index contributed by atoms with van der Waals surface area (Å²) in [7, 11) is 1.64. The van der Waals surface area contributed by atoms with Crippen molar-refractivity contribution in [3.05, 3.63) is 29.8 Å². The number of nitrogens with zero attached hydrogens (tertiary/aromatic N) is 3. The second-order valence-electron chi connectivity index (χ2n) is 6.70. The van der Waals surface area contributed by atoms with E-state index in [1.807, 2.05) is 4.90 Å². The van der Waals surface area contributed by atoms with Crippen LogP contribution < -0.4 is 10.1 Å². The van der Waals surface area contributed by atoms with Crippen LogP contribution in [0.5, 0.6) is 5.75 Å². The van der Waals surface area contributed by atoms with Crippen LogP contribution in [0, 0.1) is 11.3 Å². The number of hydrogen-bond acceptors (Lipinski definition) is 6. The van der Waals surface area contributed by atoms with E-state index in [0.717, 1.165) is 6.42 Å². The van der Waals surface area contributed by atoms with E-state index in [-0.39, 0.29) is 11.8 Å². The van der Waals surface area contributed by atoms with E-state index in [9.17, 15) is 9.59 Å². The molecule has 152 valence electrons. The molecule has 1 fully saturated rings. The lowest BCUT2D eigenvalue weighted by molar-refractivity contribution is -0.139. The van der Waals surface area contributed by atoms with Crippen LogP contribution in [-0.4, -0.2) is 80.7 Å². The Morgan fingerprint density at radius 2 is 2.04 bits per heavy atom. The molecule has 0 bridgehead atoms. The van der Waals surface area contributed by atoms with Gasteiger partial charge in [-0.1, -0.05) is 6.07 Å². The van der Waals surface area contributed by atoms with Gasteiger partial charge in [0.2, 0.25) is 5.91 Å². The molecule has 0 radical (unpaired) electrons. The van der Waals surface area contributed by atoms with Crippen LogP contribution in [0.3, 0.4) is 0 Å². The van der Waals surface area contributed by atoms with E-state index in [2.05, 4.69) is 11.4 Å². The zero-order chi connectivity index (χ0) is 20.4. The van der Waals surface area contributed by atoms with Gasteiger partial charge in [0.15, 0.2) is 6.10 Å². The standard InChI is InChI=1S/C20H28N4O4/c1-16(28-18-6-3-5-17(13-18)14-21)20(26)24-10-8-23(9-11-24)15-19(25)22-7-4-12-27-2/h3,5-6,13,16H,4,7-12,15H2,1-2H3,(H,22,25). The lowest BCUT2D eigenvalue weighted by Crippen LogP contribution is -2.53. The molecular weight excluding hydrogens is 360 g/mol. The van der Waals surface area contributed by atoms with Gasteiger partial charge in [0.05, 0.1) is 18.2 Å². The largest absolute Gasteiger partial charge is 0.481 e. The molecule has 1 heterocycles. The van der Waals surface area contributed by atoms with Gasteiger partial charge in [-0.15, -0.1) is 0 Å². The van der Waals surface area contributed by atoms with Crippen molar-refractivity contribution in [1.29, 1.82) is 5.26 Å². The van der Waals surface area contributed by atoms with Gasteiger partial charge in [0.1, 0.15) is 5.75 Å². The topological polar surface area (TPSA) is 94.9 Å². The third-order valence-electron chi connectivity index (χ3n) is 4.52. The van der Waals surface area contributed by atoms with Crippen molar-refractivity contribution in [3.8, 4) is 11.8 Å². The molecule has 1 unspecified atom stereocenters. The van der Waals surface area contributed by atoms with Crippen LogP contribution in [0.4, 0.5) is 0 Å². The molecule has 1 aromatic rings. The minimum absolute atomic E-state index is 0.00930. The Labute approximate surface area is 166 Å². The normalized spacial score (nSPS) is 15.5. The Hall–Kier alpha value is -2.63. The molecule has 0 spiro atoms. The lowest BCUT2D eigenvalue weighted by Gasteiger charge is -2.35. The molecule has 1 saturated heterocycles. The first kappa shape index (κ1) is 21.7. The highest BCUT2D eigenvalue weighted by Gasteiger charge is 2.26. The number of piperazine rings is 1. The average Bonchev–Trinajstić information content (AvgIpc) is 2.71. The van der Waals surface area contributed by atoms with Gasteiger partial charge in [-0.3, -0.25) is 14.5 Å². The van der Waals surface area contributed by atoms with Crippen molar-refractivity contribution in [2.45, 2.75) is 19.4 Å². The molecule has 1 aromatic carbocycles. The summed E-state index contributed by atoms with van der Waals surface area (Å²) >= 11 is 0. The predicted molar refractivity (Wildman–Crippen MR) is 104 cm³/mol. The molecule has 1 aliphatic rings. The first-order valence-corrected chi connectivity index (χ1v) is 9.47. The maximum absolute atomic E-state index is 12.6. The summed E-state index contributed by atoms with van der Waals surface area (Å²) < 4.78 is 10.6. The fraction of sp³-hybridized carbons (Fsp3) is 0.550. The summed E-state index contributed by atoms with van der Waals surface area (Å²) in [6, 6.07) is 8.81. The Morgan fingerprint density at radius 3 is 2.71 bits per heavy atom. The van der Waals surface area contributed by atoms with Gasteiger partial charge in [-0.2, -0.15) is 5.26 Å². The summed E-state index contributed by atoms with van der Waals surface area (Å²) in [5, 5.41) is 11.8. The van der Waals surface area contributed by atoms with E-state index in [4.69, 9.17) is 14.7 Å². The van der Waals surface area contributed by atoms with Gasteiger partial charge in [0.25, 0.3) is 5.91 Å². The second kappa shape index (κ2) is 11.3. The van der Waals surface area contributed by atoms with E-state index < -0.39 is 6.10 Å². The van der Waals surface area contributed by atoms with E-state index >= 15 is 0 Å². The quantitative estimate of drug-likeness (QED) is 0.624. The zero-order valence-corrected chi connectivity index (χ0v) is 16.5. The predicted octanol–water partition coefficient (Wildman–Crippen LogP) is 0.622. The van der Waals surface area contributed by atoms with E-state index in [1.54, 1.807) is 43.2 Å². The highest BCUT2D eigenvalue weighted by atomic mass is 16.5. The van der Waals surface area contributed by atoms with Crippen molar-refractivity contribution < 1.29 is 19.1 Å². The van der Waals surface area contributed by atoms with Gasteiger partial charge in [-0.25, -0.2) is 0 Å². The SMILES string of the molecule is COCCCNC(=O)CN1CCN(C(=O)C(C)Oc2cccc(C#N)c2)CC1. The van der Waals surface area contributed by atoms with Crippen LogP contribution in [0.1, 0.15) is 18.9 Å². The number of ether oxygens (including phenoxy) is 2. The third kappa shape index (κ3) is 6.83. The fourth-order valence-electron chi connectivity index (χ4n) is 2.98. The molecule has 2 rings (SSSR count). The number of nitriles is 1. The number of nitrogens with one attached hydrogen (secondary N) is 1. The molecule has 2 amide bonds. The number of benzene rings is 1. The van der Waals surface area contributed by atoms with Crippen LogP contribution in [0.15, 0.2) is 24.3 Å². The molecule has 0 aliphatic carbocycles. The molecular formula is C20H28N4O4. The van der Waals surface area contributed by atoms with Gasteiger partial charge < -0.3 is 19.7 Å². The number of methoxy groups -OCH3 is 1. The summed E-state index contributed by atoms with van der Waals surface area (Å²) in [5.74, 6) is 0.402. The van der Waals surface area contributed by atoms with E-state index in [0.29, 0.717) is 57.2 Å². The number of rotatable bonds is 9. The Balaban J connectivity index is 1.73. The smallest absolute Gasteiger partial charge is 0.263 e. The van der Waals surface area contributed by atoms with Crippen molar-refractivity contribution in [2.24, 2.45) is 0 Å². The number of carbonyl (C=O) groups excluding carboxylic acids is 2. The maximum atomic E-state index is 12.6. The molecule has 1 atom stereocenters. The fourth-order valence-corrected chi connectivity index (χ4v) is 2.98. The maximum Gasteiger partial charge on any atom is 0.263 e. The van der Waals surface area contributed by atoms with Gasteiger partial charge >= 0.3 is 0 Å². The second-order valence-corrected chi connectivity index (χ2v) is 6.70. The third-order valence-corrected chi connectivity index (χ3v) is 4.52. The van der Waals surface area contributed by atoms with Crippen LogP contribution in [0.2, 0.25) is 0 Å². The molecule has 1 aliphatic heterocycles. The summed E-state index contributed by atoms with van der Waals surface area (Å²) in [6.07, 6.45) is 0.157. The van der Waals surface area contributed by atoms with Crippen molar-refractivity contribution in [1.82, 2.24) is 15.1 Å². The molecule has 28 heavy (non-hydrogen) atoms.